The molecule has 0 spiro atoms. The first-order valence-electron chi connectivity index (χ1n) is 9.11. The number of rotatable bonds is 6. The van der Waals surface area contributed by atoms with Crippen molar-refractivity contribution in [3.8, 4) is 17.0 Å². The Morgan fingerprint density at radius 2 is 2.10 bits per heavy atom. The molecule has 4 aromatic rings. The van der Waals surface area contributed by atoms with Crippen molar-refractivity contribution in [2.45, 2.75) is 6.54 Å². The van der Waals surface area contributed by atoms with Gasteiger partial charge in [0, 0.05) is 22.3 Å². The number of H-pyrrole nitrogens is 1. The highest BCUT2D eigenvalue weighted by atomic mass is 79.9. The Hall–Kier alpha value is -3.17. The first-order chi connectivity index (χ1) is 14.9. The fourth-order valence-electron chi connectivity index (χ4n) is 2.95. The van der Waals surface area contributed by atoms with Crippen molar-refractivity contribution in [3.63, 3.8) is 0 Å². The van der Waals surface area contributed by atoms with Crippen molar-refractivity contribution >= 4 is 39.3 Å². The molecule has 2 heterocycles. The number of benzene rings is 2. The number of hydrogen-bond acceptors (Lipinski definition) is 4. The molecule has 0 radical (unpaired) electrons. The number of methoxy groups -OCH3 is 1. The monoisotopic (exact) mass is 503 g/mol. The number of amides is 1. The van der Waals surface area contributed by atoms with Crippen LogP contribution in [-0.2, 0) is 6.54 Å². The lowest BCUT2D eigenvalue weighted by Gasteiger charge is -2.06. The predicted molar refractivity (Wildman–Crippen MR) is 119 cm³/mol. The average Bonchev–Trinajstić information content (AvgIpc) is 3.38. The number of ether oxygens (including phenoxy) is 1. The zero-order valence-electron chi connectivity index (χ0n) is 16.2. The fraction of sp³-hybridized carbons (Fsp3) is 0.0952. The first-order valence-corrected chi connectivity index (χ1v) is 10.3. The van der Waals surface area contributed by atoms with Gasteiger partial charge in [0.2, 0.25) is 0 Å². The molecule has 0 atom stereocenters. The van der Waals surface area contributed by atoms with Crippen LogP contribution in [0.5, 0.6) is 5.75 Å². The Kier molecular flexibility index (Phi) is 6.06. The highest BCUT2D eigenvalue weighted by Crippen LogP contribution is 2.26. The van der Waals surface area contributed by atoms with Crippen LogP contribution in [0.4, 0.5) is 10.2 Å². The zero-order chi connectivity index (χ0) is 22.0. The van der Waals surface area contributed by atoms with Gasteiger partial charge < -0.3 is 10.1 Å². The topological polar surface area (TPSA) is 84.8 Å². The molecule has 0 saturated carbocycles. The summed E-state index contributed by atoms with van der Waals surface area (Å²) in [6.07, 6.45) is 1.63. The third-order valence-corrected chi connectivity index (χ3v) is 5.45. The highest BCUT2D eigenvalue weighted by Gasteiger charge is 2.16. The van der Waals surface area contributed by atoms with E-state index < -0.39 is 11.7 Å². The van der Waals surface area contributed by atoms with Crippen LogP contribution in [0.1, 0.15) is 16.1 Å². The summed E-state index contributed by atoms with van der Waals surface area (Å²) in [5.41, 5.74) is 1.98. The molecule has 0 aliphatic carbocycles. The average molecular weight is 505 g/mol. The maximum Gasteiger partial charge on any atom is 0.274 e. The maximum absolute atomic E-state index is 14.0. The SMILES string of the molecule is COc1cccc(-c2cc(C(=O)Nc3nn(Cc4c(F)cccc4Cl)cc3Br)[nH]n2)c1. The number of nitrogens with one attached hydrogen (secondary N) is 2. The van der Waals surface area contributed by atoms with Crippen molar-refractivity contribution in [2.75, 3.05) is 12.4 Å². The number of carbonyl (C=O) groups is 1. The van der Waals surface area contributed by atoms with Crippen molar-refractivity contribution in [1.29, 1.82) is 0 Å². The van der Waals surface area contributed by atoms with Gasteiger partial charge in [-0.05, 0) is 46.3 Å². The van der Waals surface area contributed by atoms with E-state index in [2.05, 4.69) is 36.5 Å². The van der Waals surface area contributed by atoms with Gasteiger partial charge in [0.05, 0.1) is 23.8 Å². The number of aromatic nitrogens is 4. The van der Waals surface area contributed by atoms with Crippen LogP contribution in [0.3, 0.4) is 0 Å². The van der Waals surface area contributed by atoms with E-state index in [0.29, 0.717) is 26.5 Å². The first kappa shape index (κ1) is 21.1. The van der Waals surface area contributed by atoms with Crippen LogP contribution in [-0.4, -0.2) is 33.0 Å². The molecule has 2 aromatic carbocycles. The van der Waals surface area contributed by atoms with Crippen molar-refractivity contribution in [2.24, 2.45) is 0 Å². The lowest BCUT2D eigenvalue weighted by Crippen LogP contribution is -2.13. The number of carbonyl (C=O) groups excluding carboxylic acids is 1. The number of hydrogen-bond donors (Lipinski definition) is 2. The Morgan fingerprint density at radius 1 is 1.29 bits per heavy atom. The van der Waals surface area contributed by atoms with Gasteiger partial charge in [-0.1, -0.05) is 29.8 Å². The minimum atomic E-state index is -0.424. The summed E-state index contributed by atoms with van der Waals surface area (Å²) in [5.74, 6) is 0.134. The fourth-order valence-corrected chi connectivity index (χ4v) is 3.59. The van der Waals surface area contributed by atoms with Crippen LogP contribution in [0.15, 0.2) is 59.2 Å². The molecular weight excluding hydrogens is 489 g/mol. The lowest BCUT2D eigenvalue weighted by atomic mass is 10.1. The second kappa shape index (κ2) is 8.91. The molecule has 31 heavy (non-hydrogen) atoms. The van der Waals surface area contributed by atoms with Gasteiger partial charge in [-0.2, -0.15) is 10.2 Å². The van der Waals surface area contributed by atoms with Crippen molar-refractivity contribution in [3.05, 3.63) is 81.3 Å². The van der Waals surface area contributed by atoms with Crippen LogP contribution in [0, 0.1) is 5.82 Å². The maximum atomic E-state index is 14.0. The molecular formula is C21H16BrClFN5O2. The quantitative estimate of drug-likeness (QED) is 0.381. The summed E-state index contributed by atoms with van der Waals surface area (Å²) in [4.78, 5) is 12.7. The highest BCUT2D eigenvalue weighted by molar-refractivity contribution is 9.10. The third-order valence-electron chi connectivity index (χ3n) is 4.52. The molecule has 0 aliphatic rings. The summed E-state index contributed by atoms with van der Waals surface area (Å²) in [7, 11) is 1.58. The van der Waals surface area contributed by atoms with Crippen LogP contribution < -0.4 is 10.1 Å². The number of nitrogens with zero attached hydrogens (tertiary/aromatic N) is 3. The molecule has 0 fully saturated rings. The van der Waals surface area contributed by atoms with Crippen LogP contribution in [0.2, 0.25) is 5.02 Å². The van der Waals surface area contributed by atoms with E-state index in [0.717, 1.165) is 5.56 Å². The van der Waals surface area contributed by atoms with Crippen LogP contribution >= 0.6 is 27.5 Å². The Morgan fingerprint density at radius 3 is 2.87 bits per heavy atom. The Bertz CT molecular complexity index is 1240. The Labute approximate surface area is 190 Å². The Balaban J connectivity index is 1.50. The molecule has 0 saturated heterocycles. The number of halogens is 3. The third kappa shape index (κ3) is 4.62. The van der Waals surface area contributed by atoms with E-state index in [-0.39, 0.29) is 18.1 Å². The molecule has 1 amide bonds. The molecule has 0 bridgehead atoms. The summed E-state index contributed by atoms with van der Waals surface area (Å²) in [6.45, 7) is 0.115. The summed E-state index contributed by atoms with van der Waals surface area (Å²) >= 11 is 9.44. The number of aromatic amines is 1. The second-order valence-electron chi connectivity index (χ2n) is 6.58. The van der Waals surface area contributed by atoms with Gasteiger partial charge in [0.1, 0.15) is 17.3 Å². The van der Waals surface area contributed by atoms with Gasteiger partial charge in [0.15, 0.2) is 5.82 Å². The standard InChI is InChI=1S/C21H16BrClFN5O2/c1-31-13-5-2-4-12(8-13)18-9-19(27-26-18)21(30)25-20-15(22)11-29(28-20)10-14-16(23)6-3-7-17(14)24/h2-9,11H,10H2,1H3,(H,26,27)(H,25,28,30). The molecule has 158 valence electrons. The lowest BCUT2D eigenvalue weighted by molar-refractivity contribution is 0.102. The molecule has 2 N–H and O–H groups in total. The molecule has 4 rings (SSSR count). The predicted octanol–water partition coefficient (Wildman–Crippen LogP) is 5.14. The van der Waals surface area contributed by atoms with Crippen LogP contribution in [0.25, 0.3) is 11.3 Å². The normalized spacial score (nSPS) is 10.8. The van der Waals surface area contributed by atoms with Gasteiger partial charge in [0.25, 0.3) is 5.91 Å². The molecule has 2 aromatic heterocycles. The van der Waals surface area contributed by atoms with Crippen molar-refractivity contribution in [1.82, 2.24) is 20.0 Å². The largest absolute Gasteiger partial charge is 0.497 e. The second-order valence-corrected chi connectivity index (χ2v) is 7.84. The summed E-state index contributed by atoms with van der Waals surface area (Å²) in [5, 5.41) is 14.2. The number of anilines is 1. The smallest absolute Gasteiger partial charge is 0.274 e. The van der Waals surface area contributed by atoms with E-state index in [4.69, 9.17) is 16.3 Å². The van der Waals surface area contributed by atoms with Gasteiger partial charge in [-0.15, -0.1) is 0 Å². The summed E-state index contributed by atoms with van der Waals surface area (Å²) in [6, 6.07) is 13.5. The van der Waals surface area contributed by atoms with Gasteiger partial charge >= 0.3 is 0 Å². The van der Waals surface area contributed by atoms with Gasteiger partial charge in [-0.25, -0.2) is 4.39 Å². The summed E-state index contributed by atoms with van der Waals surface area (Å²) < 4.78 is 21.3. The minimum absolute atomic E-state index is 0.115. The molecule has 7 nitrogen and oxygen atoms in total. The van der Waals surface area contributed by atoms with E-state index in [1.54, 1.807) is 25.4 Å². The zero-order valence-corrected chi connectivity index (χ0v) is 18.5. The molecule has 0 aliphatic heterocycles. The van der Waals surface area contributed by atoms with E-state index in [1.165, 1.54) is 16.8 Å². The van der Waals surface area contributed by atoms with E-state index >= 15 is 0 Å². The minimum Gasteiger partial charge on any atom is -0.497 e. The van der Waals surface area contributed by atoms with E-state index in [1.807, 2.05) is 24.3 Å². The van der Waals surface area contributed by atoms with E-state index in [9.17, 15) is 9.18 Å². The molecule has 10 heteroatoms. The molecule has 0 unspecified atom stereocenters. The van der Waals surface area contributed by atoms with Gasteiger partial charge in [-0.3, -0.25) is 14.6 Å². The van der Waals surface area contributed by atoms with Crippen molar-refractivity contribution < 1.29 is 13.9 Å².